The van der Waals surface area contributed by atoms with Gasteiger partial charge in [0.1, 0.15) is 0 Å². The van der Waals surface area contributed by atoms with Gasteiger partial charge in [-0.1, -0.05) is 110 Å². The summed E-state index contributed by atoms with van der Waals surface area (Å²) in [4.78, 5) is 0. The topological polar surface area (TPSA) is 77.4 Å². The van der Waals surface area contributed by atoms with E-state index in [0.717, 1.165) is 64.2 Å². The molecular weight excluding hydrogens is 395 g/mol. The van der Waals surface area contributed by atoms with Crippen LogP contribution in [0.3, 0.4) is 0 Å². The molecule has 0 aliphatic rings. The first-order valence-corrected chi connectivity index (χ1v) is 13.5. The third kappa shape index (κ3) is 23.4. The largest absolute Gasteiger partial charge is 1.00 e. The molecule has 29 heavy (non-hydrogen) atoms. The summed E-state index contributed by atoms with van der Waals surface area (Å²) in [6.07, 6.45) is 20.1. The average Bonchev–Trinajstić information content (AvgIpc) is 2.62. The molecule has 0 aromatic carbocycles. The van der Waals surface area contributed by atoms with E-state index in [1.165, 1.54) is 44.9 Å². The van der Waals surface area contributed by atoms with Crippen LogP contribution >= 0.6 is 0 Å². The molecule has 0 amide bonds. The third-order valence-corrected chi connectivity index (χ3v) is 6.97. The van der Waals surface area contributed by atoms with Crippen molar-refractivity contribution in [1.29, 1.82) is 0 Å². The van der Waals surface area contributed by atoms with Crippen LogP contribution in [0.15, 0.2) is 0 Å². The van der Waals surface area contributed by atoms with Gasteiger partial charge in [0, 0.05) is 5.25 Å². The molecule has 2 atom stereocenters. The van der Waals surface area contributed by atoms with Crippen molar-refractivity contribution in [2.45, 2.75) is 147 Å². The second-order valence-corrected chi connectivity index (χ2v) is 10.3. The first-order chi connectivity index (χ1) is 13.4. The van der Waals surface area contributed by atoms with Crippen molar-refractivity contribution < 1.29 is 47.6 Å². The van der Waals surface area contributed by atoms with Gasteiger partial charge < -0.3 is 9.66 Å². The Hall–Kier alpha value is 0.870. The molecule has 0 aromatic heterocycles. The smallest absolute Gasteiger partial charge is 0.748 e. The summed E-state index contributed by atoms with van der Waals surface area (Å²) in [6.45, 7) is 4.05. The minimum atomic E-state index is -4.16. The zero-order valence-corrected chi connectivity index (χ0v) is 22.5. The number of aliphatic hydroxyl groups is 1. The average molecular weight is 443 g/mol. The van der Waals surface area contributed by atoms with Gasteiger partial charge in [-0.3, -0.25) is 0 Å². The Balaban J connectivity index is 0. The number of aliphatic hydroxyl groups excluding tert-OH is 1. The molecule has 0 bridgehead atoms. The Morgan fingerprint density at radius 1 is 0.655 bits per heavy atom. The monoisotopic (exact) mass is 442 g/mol. The zero-order chi connectivity index (χ0) is 21.1. The molecule has 2 unspecified atom stereocenters. The van der Waals surface area contributed by atoms with Crippen LogP contribution in [0.25, 0.3) is 0 Å². The summed E-state index contributed by atoms with van der Waals surface area (Å²) in [5.74, 6) is 0. The molecule has 6 heteroatoms. The molecule has 0 aliphatic heterocycles. The van der Waals surface area contributed by atoms with Crippen LogP contribution in [-0.2, 0) is 10.1 Å². The van der Waals surface area contributed by atoms with Crippen molar-refractivity contribution >= 4 is 10.1 Å². The summed E-state index contributed by atoms with van der Waals surface area (Å²) >= 11 is 0. The van der Waals surface area contributed by atoms with Crippen molar-refractivity contribution in [3.63, 3.8) is 0 Å². The molecule has 170 valence electrons. The van der Waals surface area contributed by atoms with Crippen molar-refractivity contribution in [3.05, 3.63) is 0 Å². The summed E-state index contributed by atoms with van der Waals surface area (Å²) in [5.41, 5.74) is 0. The fourth-order valence-corrected chi connectivity index (χ4v) is 4.72. The van der Waals surface area contributed by atoms with Gasteiger partial charge in [0.2, 0.25) is 0 Å². The quantitative estimate of drug-likeness (QED) is 0.167. The van der Waals surface area contributed by atoms with Crippen LogP contribution in [0, 0.1) is 0 Å². The van der Waals surface area contributed by atoms with Crippen LogP contribution in [0.5, 0.6) is 0 Å². The van der Waals surface area contributed by atoms with E-state index in [9.17, 15) is 18.1 Å². The molecule has 0 fully saturated rings. The van der Waals surface area contributed by atoms with Crippen LogP contribution in [0.1, 0.15) is 136 Å². The number of hydrogen-bond donors (Lipinski definition) is 1. The number of unbranched alkanes of at least 4 members (excludes halogenated alkanes) is 14. The van der Waals surface area contributed by atoms with Crippen molar-refractivity contribution in [3.8, 4) is 0 Å². The van der Waals surface area contributed by atoms with Crippen molar-refractivity contribution in [1.82, 2.24) is 0 Å². The van der Waals surface area contributed by atoms with E-state index in [1.54, 1.807) is 0 Å². The Kier molecular flexibility index (Phi) is 24.4. The van der Waals surface area contributed by atoms with Crippen LogP contribution in [0.2, 0.25) is 0 Å². The second-order valence-electron chi connectivity index (χ2n) is 8.63. The Morgan fingerprint density at radius 3 is 1.28 bits per heavy atom. The van der Waals surface area contributed by atoms with Crippen molar-refractivity contribution in [2.75, 3.05) is 0 Å². The second kappa shape index (κ2) is 22.1. The predicted octanol–water partition coefficient (Wildman–Crippen LogP) is 3.72. The summed E-state index contributed by atoms with van der Waals surface area (Å²) in [6, 6.07) is 0. The van der Waals surface area contributed by atoms with E-state index in [4.69, 9.17) is 0 Å². The van der Waals surface area contributed by atoms with Gasteiger partial charge in [-0.25, -0.2) is 8.42 Å². The van der Waals surface area contributed by atoms with E-state index >= 15 is 0 Å². The Bertz CT molecular complexity index is 427. The van der Waals surface area contributed by atoms with Gasteiger partial charge in [0.15, 0.2) is 0 Å². The van der Waals surface area contributed by atoms with E-state index in [-0.39, 0.29) is 35.7 Å². The molecule has 0 saturated carbocycles. The maximum Gasteiger partial charge on any atom is 1.00 e. The molecule has 0 saturated heterocycles. The van der Waals surface area contributed by atoms with Crippen LogP contribution in [-0.4, -0.2) is 29.4 Å². The summed E-state index contributed by atoms with van der Waals surface area (Å²) in [5, 5.41) is 8.53. The Morgan fingerprint density at radius 2 is 0.966 bits per heavy atom. The number of rotatable bonds is 21. The van der Waals surface area contributed by atoms with Crippen LogP contribution < -0.4 is 29.6 Å². The molecule has 0 rings (SSSR count). The van der Waals surface area contributed by atoms with E-state index in [0.29, 0.717) is 12.8 Å². The van der Waals surface area contributed by atoms with Crippen molar-refractivity contribution in [2.24, 2.45) is 0 Å². The molecule has 4 nitrogen and oxygen atoms in total. The van der Waals surface area contributed by atoms with Gasteiger partial charge >= 0.3 is 29.6 Å². The first-order valence-electron chi connectivity index (χ1n) is 12.0. The third-order valence-electron chi connectivity index (χ3n) is 5.69. The molecular formula is C23H47NaO4S. The zero-order valence-electron chi connectivity index (χ0n) is 19.7. The molecule has 0 spiro atoms. The molecule has 0 aromatic rings. The number of hydrogen-bond acceptors (Lipinski definition) is 4. The minimum Gasteiger partial charge on any atom is -0.748 e. The summed E-state index contributed by atoms with van der Waals surface area (Å²) in [7, 11) is -4.16. The fourth-order valence-electron chi connectivity index (χ4n) is 3.81. The van der Waals surface area contributed by atoms with Gasteiger partial charge in [0.25, 0.3) is 0 Å². The van der Waals surface area contributed by atoms with Gasteiger partial charge in [-0.2, -0.15) is 0 Å². The summed E-state index contributed by atoms with van der Waals surface area (Å²) < 4.78 is 34.5. The standard InChI is InChI=1S/C23H48O4S.Na/c1-3-4-5-6-7-8-11-14-17-20-23(28(25,26)27)21-18-15-12-9-10-13-16-19-22(2)24;/h22-24H,3-21H2,1-2H3,(H,25,26,27);/q;+1/p-1. The van der Waals surface area contributed by atoms with Gasteiger partial charge in [0.05, 0.1) is 16.2 Å². The molecule has 0 radical (unpaired) electrons. The normalized spacial score (nSPS) is 13.8. The molecule has 0 heterocycles. The fraction of sp³-hybridized carbons (Fsp3) is 1.00. The SMILES string of the molecule is CCCCCCCCCCCC(CCCCCCCCCC(C)O)S(=O)(=O)[O-].[Na+]. The molecule has 1 N–H and O–H groups in total. The van der Waals surface area contributed by atoms with E-state index in [2.05, 4.69) is 6.92 Å². The van der Waals surface area contributed by atoms with E-state index in [1.807, 2.05) is 6.92 Å². The maximum atomic E-state index is 11.5. The van der Waals surface area contributed by atoms with Crippen LogP contribution in [0.4, 0.5) is 0 Å². The predicted molar refractivity (Wildman–Crippen MR) is 119 cm³/mol. The first kappa shape index (κ1) is 32.1. The minimum absolute atomic E-state index is 0. The maximum absolute atomic E-state index is 11.5. The van der Waals surface area contributed by atoms with Gasteiger partial charge in [-0.15, -0.1) is 0 Å². The Labute approximate surface area is 204 Å². The molecule has 0 aliphatic carbocycles. The van der Waals surface area contributed by atoms with E-state index < -0.39 is 15.4 Å². The van der Waals surface area contributed by atoms with Gasteiger partial charge in [-0.05, 0) is 26.2 Å².